The van der Waals surface area contributed by atoms with Crippen LogP contribution in [0.25, 0.3) is 0 Å². The molecule has 1 aliphatic rings. The average Bonchev–Trinajstić information content (AvgIpc) is 2.39. The van der Waals surface area contributed by atoms with E-state index in [2.05, 4.69) is 9.98 Å². The van der Waals surface area contributed by atoms with Gasteiger partial charge in [0.15, 0.2) is 0 Å². The van der Waals surface area contributed by atoms with Gasteiger partial charge in [-0.1, -0.05) is 26.0 Å². The molecule has 1 aliphatic heterocycles. The minimum atomic E-state index is -0.891. The lowest BCUT2D eigenvalue weighted by Gasteiger charge is -2.22. The molecule has 0 bridgehead atoms. The fourth-order valence-corrected chi connectivity index (χ4v) is 1.35. The molecule has 4 nitrogen and oxygen atoms in total. The Morgan fingerprint density at radius 1 is 1.50 bits per heavy atom. The van der Waals surface area contributed by atoms with Gasteiger partial charge in [0, 0.05) is 6.21 Å². The third kappa shape index (κ3) is 3.95. The van der Waals surface area contributed by atoms with Crippen molar-refractivity contribution in [2.75, 3.05) is 6.54 Å². The maximum absolute atomic E-state index is 11.0. The van der Waals surface area contributed by atoms with Crippen molar-refractivity contribution in [1.29, 1.82) is 0 Å². The van der Waals surface area contributed by atoms with Gasteiger partial charge < -0.3 is 5.11 Å². The first-order chi connectivity index (χ1) is 8.53. The van der Waals surface area contributed by atoms with E-state index in [-0.39, 0.29) is 6.54 Å². The second-order valence-corrected chi connectivity index (χ2v) is 3.82. The quantitative estimate of drug-likeness (QED) is 0.782. The number of carboxylic acids is 1. The molecule has 1 unspecified atom stereocenters. The van der Waals surface area contributed by atoms with Crippen LogP contribution in [0.2, 0.25) is 0 Å². The Morgan fingerprint density at radius 3 is 2.44 bits per heavy atom. The molecule has 0 spiro atoms. The molecule has 100 valence electrons. The standard InChI is InChI=1S/C12H16N2O2.C2H6/c1-4-9(13-5-2)10-6-7-12(3,8-14-10)11(15)16;1-2/h4-7H,8H2,1-3H3,(H,15,16);1-2H3/b9-4-,13-5?;. The van der Waals surface area contributed by atoms with E-state index < -0.39 is 11.4 Å². The van der Waals surface area contributed by atoms with Gasteiger partial charge in [0.1, 0.15) is 5.41 Å². The molecule has 0 fully saturated rings. The van der Waals surface area contributed by atoms with E-state index in [1.165, 1.54) is 0 Å². The summed E-state index contributed by atoms with van der Waals surface area (Å²) < 4.78 is 0. The summed E-state index contributed by atoms with van der Waals surface area (Å²) in [6, 6.07) is 0. The highest BCUT2D eigenvalue weighted by atomic mass is 16.4. The highest BCUT2D eigenvalue weighted by molar-refractivity contribution is 6.09. The van der Waals surface area contributed by atoms with Crippen molar-refractivity contribution in [3.05, 3.63) is 23.9 Å². The van der Waals surface area contributed by atoms with Crippen LogP contribution in [0, 0.1) is 5.41 Å². The number of nitrogens with zero attached hydrogens (tertiary/aromatic N) is 2. The molecule has 1 rings (SSSR count). The highest BCUT2D eigenvalue weighted by Crippen LogP contribution is 2.24. The number of dihydropyridines is 1. The Balaban J connectivity index is 0.00000137. The van der Waals surface area contributed by atoms with Crippen LogP contribution in [0.4, 0.5) is 0 Å². The van der Waals surface area contributed by atoms with Gasteiger partial charge in [0.2, 0.25) is 0 Å². The minimum absolute atomic E-state index is 0.255. The fourth-order valence-electron chi connectivity index (χ4n) is 1.35. The van der Waals surface area contributed by atoms with E-state index >= 15 is 0 Å². The van der Waals surface area contributed by atoms with Crippen molar-refractivity contribution in [3.8, 4) is 0 Å². The molecule has 0 aromatic carbocycles. The summed E-state index contributed by atoms with van der Waals surface area (Å²) in [5, 5.41) is 9.02. The number of hydrogen-bond donors (Lipinski definition) is 1. The Hall–Kier alpha value is -1.71. The maximum Gasteiger partial charge on any atom is 0.315 e. The minimum Gasteiger partial charge on any atom is -0.481 e. The van der Waals surface area contributed by atoms with Crippen molar-refractivity contribution in [2.45, 2.75) is 34.6 Å². The van der Waals surface area contributed by atoms with E-state index in [1.54, 1.807) is 25.3 Å². The molecular weight excluding hydrogens is 228 g/mol. The number of hydrogen-bond acceptors (Lipinski definition) is 3. The third-order valence-electron chi connectivity index (χ3n) is 2.48. The Labute approximate surface area is 109 Å². The van der Waals surface area contributed by atoms with E-state index in [4.69, 9.17) is 5.11 Å². The van der Waals surface area contributed by atoms with Gasteiger partial charge in [-0.2, -0.15) is 0 Å². The molecule has 0 saturated heterocycles. The molecule has 0 radical (unpaired) electrons. The van der Waals surface area contributed by atoms with Crippen molar-refractivity contribution < 1.29 is 9.90 Å². The summed E-state index contributed by atoms with van der Waals surface area (Å²) in [6.45, 7) is 9.62. The van der Waals surface area contributed by atoms with E-state index in [0.29, 0.717) is 0 Å². The van der Waals surface area contributed by atoms with E-state index in [9.17, 15) is 4.79 Å². The zero-order chi connectivity index (χ0) is 14.2. The first-order valence-electron chi connectivity index (χ1n) is 6.16. The number of aliphatic carboxylic acids is 1. The predicted molar refractivity (Wildman–Crippen MR) is 76.5 cm³/mol. The first-order valence-corrected chi connectivity index (χ1v) is 6.16. The summed E-state index contributed by atoms with van der Waals surface area (Å²) in [6.07, 6.45) is 6.94. The van der Waals surface area contributed by atoms with Crippen molar-refractivity contribution in [1.82, 2.24) is 0 Å². The Morgan fingerprint density at radius 2 is 2.11 bits per heavy atom. The number of rotatable bonds is 3. The summed E-state index contributed by atoms with van der Waals surface area (Å²) in [4.78, 5) is 19.4. The SMILES string of the molecule is CC.CC=N/C(=C\C)C1=NCC(C)(C(=O)O)C=C1. The predicted octanol–water partition coefficient (Wildman–Crippen LogP) is 3.11. The second-order valence-electron chi connectivity index (χ2n) is 3.82. The molecule has 0 saturated carbocycles. The molecule has 1 N–H and O–H groups in total. The van der Waals surface area contributed by atoms with E-state index in [1.807, 2.05) is 33.8 Å². The largest absolute Gasteiger partial charge is 0.481 e. The number of aliphatic imine (C=N–C) groups is 2. The van der Waals surface area contributed by atoms with Gasteiger partial charge in [0.25, 0.3) is 0 Å². The zero-order valence-electron chi connectivity index (χ0n) is 11.8. The van der Waals surface area contributed by atoms with Gasteiger partial charge in [0.05, 0.1) is 18.0 Å². The van der Waals surface area contributed by atoms with Gasteiger partial charge in [-0.05, 0) is 26.8 Å². The van der Waals surface area contributed by atoms with Crippen LogP contribution in [-0.2, 0) is 4.79 Å². The summed E-state index contributed by atoms with van der Waals surface area (Å²) in [7, 11) is 0. The zero-order valence-corrected chi connectivity index (χ0v) is 11.8. The van der Waals surface area contributed by atoms with Gasteiger partial charge >= 0.3 is 5.97 Å². The summed E-state index contributed by atoms with van der Waals surface area (Å²) in [5.41, 5.74) is 0.615. The number of carboxylic acid groups (broad SMARTS) is 1. The normalized spacial score (nSPS) is 23.4. The number of allylic oxidation sites excluding steroid dienone is 2. The number of carbonyl (C=O) groups is 1. The highest BCUT2D eigenvalue weighted by Gasteiger charge is 2.32. The Bertz CT molecular complexity index is 406. The molecule has 18 heavy (non-hydrogen) atoms. The monoisotopic (exact) mass is 250 g/mol. The lowest BCUT2D eigenvalue weighted by molar-refractivity contribution is -0.144. The Kier molecular flexibility index (Phi) is 6.86. The van der Waals surface area contributed by atoms with Crippen LogP contribution < -0.4 is 0 Å². The lowest BCUT2D eigenvalue weighted by atomic mass is 9.88. The summed E-state index contributed by atoms with van der Waals surface area (Å²) >= 11 is 0. The van der Waals surface area contributed by atoms with Crippen molar-refractivity contribution in [3.63, 3.8) is 0 Å². The lowest BCUT2D eigenvalue weighted by Crippen LogP contribution is -2.31. The van der Waals surface area contributed by atoms with Crippen molar-refractivity contribution in [2.24, 2.45) is 15.4 Å². The summed E-state index contributed by atoms with van der Waals surface area (Å²) in [5.74, 6) is -0.854. The van der Waals surface area contributed by atoms with Crippen LogP contribution in [-0.4, -0.2) is 29.5 Å². The molecule has 0 aromatic heterocycles. The van der Waals surface area contributed by atoms with Crippen LogP contribution >= 0.6 is 0 Å². The van der Waals surface area contributed by atoms with Crippen LogP contribution in [0.1, 0.15) is 34.6 Å². The molecule has 1 heterocycles. The van der Waals surface area contributed by atoms with Crippen LogP contribution in [0.3, 0.4) is 0 Å². The molecule has 0 aliphatic carbocycles. The van der Waals surface area contributed by atoms with Gasteiger partial charge in [-0.25, -0.2) is 0 Å². The maximum atomic E-state index is 11.0. The topological polar surface area (TPSA) is 62.0 Å². The molecular formula is C14H22N2O2. The van der Waals surface area contributed by atoms with Crippen LogP contribution in [0.5, 0.6) is 0 Å². The second kappa shape index (κ2) is 7.58. The fraction of sp³-hybridized carbons (Fsp3) is 0.500. The van der Waals surface area contributed by atoms with Crippen LogP contribution in [0.15, 0.2) is 33.9 Å². The molecule has 4 heteroatoms. The first kappa shape index (κ1) is 16.3. The molecule has 0 aromatic rings. The molecule has 1 atom stereocenters. The van der Waals surface area contributed by atoms with E-state index in [0.717, 1.165) is 11.4 Å². The average molecular weight is 250 g/mol. The van der Waals surface area contributed by atoms with Gasteiger partial charge in [-0.15, -0.1) is 0 Å². The molecule has 0 amide bonds. The van der Waals surface area contributed by atoms with Gasteiger partial charge in [-0.3, -0.25) is 14.8 Å². The third-order valence-corrected chi connectivity index (χ3v) is 2.48. The van der Waals surface area contributed by atoms with Crippen molar-refractivity contribution >= 4 is 17.9 Å². The smallest absolute Gasteiger partial charge is 0.315 e.